The fourth-order valence-corrected chi connectivity index (χ4v) is 5.66. The zero-order valence-electron chi connectivity index (χ0n) is 8.93. The maximum absolute atomic E-state index is 2.34. The van der Waals surface area contributed by atoms with Gasteiger partial charge in [-0.25, -0.2) is 0 Å². The van der Waals surface area contributed by atoms with Crippen LogP contribution in [0.4, 0.5) is 0 Å². The molecule has 0 aromatic carbocycles. The SMILES string of the molecule is CCC1=[C]([Zr][C]2=C(C)C=CC2)CC=C1. The summed E-state index contributed by atoms with van der Waals surface area (Å²) >= 11 is -0.401. The molecular formula is C13H16Zr. The van der Waals surface area contributed by atoms with Crippen molar-refractivity contribution in [3.63, 3.8) is 0 Å². The summed E-state index contributed by atoms with van der Waals surface area (Å²) in [5, 5.41) is 0. The Labute approximate surface area is 98.0 Å². The van der Waals surface area contributed by atoms with Crippen LogP contribution in [0.5, 0.6) is 0 Å². The Bertz CT molecular complexity index is 353. The van der Waals surface area contributed by atoms with Crippen LogP contribution in [-0.4, -0.2) is 0 Å². The van der Waals surface area contributed by atoms with E-state index in [9.17, 15) is 0 Å². The quantitative estimate of drug-likeness (QED) is 0.724. The minimum atomic E-state index is -0.401. The van der Waals surface area contributed by atoms with Crippen LogP contribution in [0.3, 0.4) is 0 Å². The summed E-state index contributed by atoms with van der Waals surface area (Å²) in [6.07, 6.45) is 13.0. The first kappa shape index (κ1) is 10.4. The van der Waals surface area contributed by atoms with E-state index in [4.69, 9.17) is 0 Å². The number of allylic oxidation sites excluding steroid dienone is 8. The van der Waals surface area contributed by atoms with Crippen molar-refractivity contribution in [2.24, 2.45) is 0 Å². The molecule has 0 radical (unpaired) electrons. The summed E-state index contributed by atoms with van der Waals surface area (Å²) < 4.78 is 3.60. The van der Waals surface area contributed by atoms with Crippen LogP contribution in [0.25, 0.3) is 0 Å². The first-order valence-electron chi connectivity index (χ1n) is 5.33. The molecule has 0 aromatic rings. The summed E-state index contributed by atoms with van der Waals surface area (Å²) in [6, 6.07) is 0. The van der Waals surface area contributed by atoms with Crippen LogP contribution in [0.15, 0.2) is 42.0 Å². The molecule has 0 aliphatic heterocycles. The van der Waals surface area contributed by atoms with Gasteiger partial charge in [0.15, 0.2) is 0 Å². The Morgan fingerprint density at radius 1 is 1.14 bits per heavy atom. The van der Waals surface area contributed by atoms with Crippen LogP contribution < -0.4 is 0 Å². The van der Waals surface area contributed by atoms with E-state index in [0.717, 1.165) is 0 Å². The van der Waals surface area contributed by atoms with Gasteiger partial charge in [-0.05, 0) is 0 Å². The molecular weight excluding hydrogens is 247 g/mol. The van der Waals surface area contributed by atoms with Gasteiger partial charge < -0.3 is 0 Å². The predicted molar refractivity (Wildman–Crippen MR) is 57.5 cm³/mol. The molecule has 0 bridgehead atoms. The number of rotatable bonds is 3. The van der Waals surface area contributed by atoms with Crippen molar-refractivity contribution in [3.8, 4) is 0 Å². The van der Waals surface area contributed by atoms with Crippen molar-refractivity contribution in [1.82, 2.24) is 0 Å². The van der Waals surface area contributed by atoms with Gasteiger partial charge in [-0.1, -0.05) is 0 Å². The van der Waals surface area contributed by atoms with Crippen molar-refractivity contribution in [2.75, 3.05) is 0 Å². The molecule has 0 N–H and O–H groups in total. The van der Waals surface area contributed by atoms with E-state index < -0.39 is 23.2 Å². The van der Waals surface area contributed by atoms with E-state index in [1.165, 1.54) is 19.3 Å². The van der Waals surface area contributed by atoms with Crippen molar-refractivity contribution in [3.05, 3.63) is 42.0 Å². The van der Waals surface area contributed by atoms with E-state index >= 15 is 0 Å². The van der Waals surface area contributed by atoms with Crippen molar-refractivity contribution in [1.29, 1.82) is 0 Å². The van der Waals surface area contributed by atoms with Gasteiger partial charge in [0.25, 0.3) is 0 Å². The molecule has 0 atom stereocenters. The third kappa shape index (κ3) is 2.08. The number of hydrogen-bond donors (Lipinski definition) is 0. The van der Waals surface area contributed by atoms with Gasteiger partial charge in [0.1, 0.15) is 0 Å². The summed E-state index contributed by atoms with van der Waals surface area (Å²) in [5.41, 5.74) is 3.20. The Hall–Kier alpha value is -0.157. The second-order valence-corrected chi connectivity index (χ2v) is 7.44. The molecule has 0 heterocycles. The molecule has 0 saturated heterocycles. The molecule has 0 fully saturated rings. The second kappa shape index (κ2) is 4.57. The van der Waals surface area contributed by atoms with Crippen LogP contribution in [0.2, 0.25) is 0 Å². The Morgan fingerprint density at radius 3 is 2.50 bits per heavy atom. The zero-order valence-corrected chi connectivity index (χ0v) is 11.4. The molecule has 1 heteroatoms. The molecule has 2 aliphatic carbocycles. The summed E-state index contributed by atoms with van der Waals surface area (Å²) in [5.74, 6) is 0. The summed E-state index contributed by atoms with van der Waals surface area (Å²) in [6.45, 7) is 4.55. The fourth-order valence-electron chi connectivity index (χ4n) is 1.96. The average molecular weight is 263 g/mol. The Balaban J connectivity index is 2.09. The van der Waals surface area contributed by atoms with Gasteiger partial charge in [-0.2, -0.15) is 0 Å². The first-order chi connectivity index (χ1) is 6.81. The molecule has 72 valence electrons. The Morgan fingerprint density at radius 2 is 1.86 bits per heavy atom. The van der Waals surface area contributed by atoms with Gasteiger partial charge in [0, 0.05) is 0 Å². The van der Waals surface area contributed by atoms with E-state index in [-0.39, 0.29) is 0 Å². The van der Waals surface area contributed by atoms with Gasteiger partial charge in [-0.3, -0.25) is 0 Å². The molecule has 0 amide bonds. The van der Waals surface area contributed by atoms with Gasteiger partial charge >= 0.3 is 98.4 Å². The molecule has 0 unspecified atom stereocenters. The summed E-state index contributed by atoms with van der Waals surface area (Å²) in [4.78, 5) is 0. The minimum absolute atomic E-state index is 0.401. The maximum atomic E-state index is 2.34. The average Bonchev–Trinajstić information content (AvgIpc) is 2.77. The van der Waals surface area contributed by atoms with Crippen LogP contribution in [0.1, 0.15) is 33.1 Å². The third-order valence-electron chi connectivity index (χ3n) is 2.88. The molecule has 0 saturated carbocycles. The van der Waals surface area contributed by atoms with Crippen molar-refractivity contribution < 1.29 is 23.2 Å². The van der Waals surface area contributed by atoms with Crippen LogP contribution in [-0.2, 0) is 23.2 Å². The number of hydrogen-bond acceptors (Lipinski definition) is 0. The van der Waals surface area contributed by atoms with E-state index in [0.29, 0.717) is 0 Å². The van der Waals surface area contributed by atoms with Gasteiger partial charge in [-0.15, -0.1) is 0 Å². The molecule has 2 rings (SSSR count). The topological polar surface area (TPSA) is 0 Å². The molecule has 0 nitrogen and oxygen atoms in total. The van der Waals surface area contributed by atoms with Crippen molar-refractivity contribution in [2.45, 2.75) is 33.1 Å². The Kier molecular flexibility index (Phi) is 3.39. The standard InChI is InChI=1S/C7H9.C6H7.Zr/c1-2-7-5-3-4-6-7;1-6-4-2-3-5-6;/h3,5H,2,4H2,1H3;2,4H,3H2,1H3;. The summed E-state index contributed by atoms with van der Waals surface area (Å²) in [7, 11) is 0. The normalized spacial score (nSPS) is 20.1. The molecule has 14 heavy (non-hydrogen) atoms. The third-order valence-corrected chi connectivity index (χ3v) is 7.12. The second-order valence-electron chi connectivity index (χ2n) is 3.86. The fraction of sp³-hybridized carbons (Fsp3) is 0.385. The molecule has 2 aliphatic rings. The zero-order chi connectivity index (χ0) is 9.97. The van der Waals surface area contributed by atoms with Crippen LogP contribution >= 0.6 is 0 Å². The monoisotopic (exact) mass is 262 g/mol. The van der Waals surface area contributed by atoms with E-state index in [1.807, 2.05) is 3.28 Å². The van der Waals surface area contributed by atoms with Gasteiger partial charge in [0.05, 0.1) is 0 Å². The van der Waals surface area contributed by atoms with Crippen molar-refractivity contribution >= 4 is 0 Å². The first-order valence-corrected chi connectivity index (χ1v) is 7.79. The van der Waals surface area contributed by atoms with E-state index in [2.05, 4.69) is 38.2 Å². The van der Waals surface area contributed by atoms with Crippen LogP contribution in [0, 0.1) is 0 Å². The van der Waals surface area contributed by atoms with E-state index in [1.54, 1.807) is 14.4 Å². The van der Waals surface area contributed by atoms with Gasteiger partial charge in [0.2, 0.25) is 0 Å². The molecule has 0 spiro atoms. The molecule has 0 aromatic heterocycles. The predicted octanol–water partition coefficient (Wildman–Crippen LogP) is 3.93.